The lowest BCUT2D eigenvalue weighted by Gasteiger charge is -2.09. The summed E-state index contributed by atoms with van der Waals surface area (Å²) in [6.07, 6.45) is 6.45. The zero-order chi connectivity index (χ0) is 11.3. The Balaban J connectivity index is 2.36. The van der Waals surface area contributed by atoms with Crippen molar-refractivity contribution in [2.75, 3.05) is 0 Å². The molecule has 1 unspecified atom stereocenters. The summed E-state index contributed by atoms with van der Waals surface area (Å²) in [6.45, 7) is 7.32. The zero-order valence-electron chi connectivity index (χ0n) is 9.98. The third-order valence-electron chi connectivity index (χ3n) is 2.62. The molecule has 1 rings (SSSR count). The number of rotatable bonds is 6. The van der Waals surface area contributed by atoms with Crippen molar-refractivity contribution < 1.29 is 5.11 Å². The fraction of sp³-hybridized carbons (Fsp3) is 0.750. The smallest absolute Gasteiger partial charge is 0.0820 e. The maximum atomic E-state index is 9.89. The molecule has 1 heterocycles. The van der Waals surface area contributed by atoms with Crippen LogP contribution >= 0.6 is 0 Å². The number of aliphatic hydroxyl groups is 1. The summed E-state index contributed by atoms with van der Waals surface area (Å²) < 4.78 is 1.85. The Hall–Kier alpha value is -0.830. The van der Waals surface area contributed by atoms with E-state index >= 15 is 0 Å². The Morgan fingerprint density at radius 3 is 2.67 bits per heavy atom. The third kappa shape index (κ3) is 4.04. The third-order valence-corrected chi connectivity index (χ3v) is 2.62. The van der Waals surface area contributed by atoms with E-state index in [1.54, 1.807) is 6.20 Å². The van der Waals surface area contributed by atoms with Crippen LogP contribution in [0.4, 0.5) is 0 Å². The number of hydrogen-bond acceptors (Lipinski definition) is 2. The molecule has 0 bridgehead atoms. The van der Waals surface area contributed by atoms with E-state index in [2.05, 4.69) is 18.9 Å². The van der Waals surface area contributed by atoms with Crippen LogP contribution in [-0.2, 0) is 6.54 Å². The fourth-order valence-electron chi connectivity index (χ4n) is 1.61. The molecule has 0 aromatic carbocycles. The normalized spacial score (nSPS) is 13.4. The highest BCUT2D eigenvalue weighted by Crippen LogP contribution is 2.19. The Labute approximate surface area is 92.1 Å². The van der Waals surface area contributed by atoms with E-state index in [-0.39, 0.29) is 6.10 Å². The van der Waals surface area contributed by atoms with E-state index in [4.69, 9.17) is 0 Å². The first-order chi connectivity index (χ1) is 7.13. The summed E-state index contributed by atoms with van der Waals surface area (Å²) in [4.78, 5) is 0. The zero-order valence-corrected chi connectivity index (χ0v) is 9.98. The molecular formula is C12H22N2O. The number of aryl methyl sites for hydroxylation is 1. The van der Waals surface area contributed by atoms with Crippen LogP contribution in [0.1, 0.15) is 51.7 Å². The lowest BCUT2D eigenvalue weighted by atomic mass is 10.0. The van der Waals surface area contributed by atoms with Crippen LogP contribution in [0.2, 0.25) is 0 Å². The van der Waals surface area contributed by atoms with Gasteiger partial charge in [0, 0.05) is 18.3 Å². The largest absolute Gasteiger partial charge is 0.388 e. The highest BCUT2D eigenvalue weighted by molar-refractivity contribution is 5.07. The van der Waals surface area contributed by atoms with Gasteiger partial charge in [-0.1, -0.05) is 26.7 Å². The molecule has 3 nitrogen and oxygen atoms in total. The quantitative estimate of drug-likeness (QED) is 0.784. The summed E-state index contributed by atoms with van der Waals surface area (Å²) in [5, 5.41) is 14.0. The predicted molar refractivity (Wildman–Crippen MR) is 61.5 cm³/mol. The summed E-state index contributed by atoms with van der Waals surface area (Å²) >= 11 is 0. The van der Waals surface area contributed by atoms with Crippen molar-refractivity contribution in [1.82, 2.24) is 9.78 Å². The highest BCUT2D eigenvalue weighted by atomic mass is 16.3. The molecule has 86 valence electrons. The minimum Gasteiger partial charge on any atom is -0.388 e. The van der Waals surface area contributed by atoms with Gasteiger partial charge in [0.1, 0.15) is 0 Å². The molecular weight excluding hydrogens is 188 g/mol. The molecule has 1 N–H and O–H groups in total. The van der Waals surface area contributed by atoms with Crippen molar-refractivity contribution in [1.29, 1.82) is 0 Å². The fourth-order valence-corrected chi connectivity index (χ4v) is 1.61. The van der Waals surface area contributed by atoms with E-state index in [9.17, 15) is 5.11 Å². The highest BCUT2D eigenvalue weighted by Gasteiger charge is 2.09. The van der Waals surface area contributed by atoms with Crippen molar-refractivity contribution in [2.45, 2.75) is 52.7 Å². The first kappa shape index (κ1) is 12.2. The van der Waals surface area contributed by atoms with Crippen LogP contribution in [0.25, 0.3) is 0 Å². The second-order valence-electron chi connectivity index (χ2n) is 4.47. The van der Waals surface area contributed by atoms with Gasteiger partial charge in [0.2, 0.25) is 0 Å². The Morgan fingerprint density at radius 1 is 1.40 bits per heavy atom. The van der Waals surface area contributed by atoms with E-state index < -0.39 is 0 Å². The first-order valence-electron chi connectivity index (χ1n) is 5.84. The van der Waals surface area contributed by atoms with Crippen molar-refractivity contribution in [3.8, 4) is 0 Å². The Bertz CT molecular complexity index is 281. The first-order valence-corrected chi connectivity index (χ1v) is 5.84. The average molecular weight is 210 g/mol. The molecule has 1 aromatic heterocycles. The van der Waals surface area contributed by atoms with Crippen LogP contribution in [-0.4, -0.2) is 14.9 Å². The van der Waals surface area contributed by atoms with Crippen molar-refractivity contribution in [2.24, 2.45) is 5.92 Å². The summed E-state index contributed by atoms with van der Waals surface area (Å²) in [5.41, 5.74) is 0.945. The van der Waals surface area contributed by atoms with E-state index in [0.717, 1.165) is 30.9 Å². The Morgan fingerprint density at radius 2 is 2.13 bits per heavy atom. The van der Waals surface area contributed by atoms with E-state index in [0.29, 0.717) is 0 Å². The van der Waals surface area contributed by atoms with Gasteiger partial charge in [-0.05, 0) is 19.3 Å². The second-order valence-corrected chi connectivity index (χ2v) is 4.47. The lowest BCUT2D eigenvalue weighted by Crippen LogP contribution is -1.98. The number of aliphatic hydroxyl groups excluding tert-OH is 1. The van der Waals surface area contributed by atoms with Gasteiger partial charge in [-0.25, -0.2) is 0 Å². The standard InChI is InChI=1S/C12H22N2O/c1-4-14-9-11(8-13-14)12(15)7-5-6-10(2)3/h8-10,12,15H,4-7H2,1-3H3. The molecule has 0 aliphatic rings. The van der Waals surface area contributed by atoms with Gasteiger partial charge in [-0.2, -0.15) is 5.10 Å². The minimum absolute atomic E-state index is 0.343. The number of aromatic nitrogens is 2. The van der Waals surface area contributed by atoms with Crippen molar-refractivity contribution in [3.05, 3.63) is 18.0 Å². The van der Waals surface area contributed by atoms with Crippen LogP contribution in [0.15, 0.2) is 12.4 Å². The Kier molecular flexibility index (Phi) is 4.82. The maximum absolute atomic E-state index is 9.89. The molecule has 3 heteroatoms. The van der Waals surface area contributed by atoms with Gasteiger partial charge in [0.15, 0.2) is 0 Å². The summed E-state index contributed by atoms with van der Waals surface area (Å²) in [5.74, 6) is 0.718. The van der Waals surface area contributed by atoms with E-state index in [1.807, 2.05) is 17.8 Å². The van der Waals surface area contributed by atoms with Gasteiger partial charge in [-0.3, -0.25) is 4.68 Å². The van der Waals surface area contributed by atoms with Crippen molar-refractivity contribution >= 4 is 0 Å². The maximum Gasteiger partial charge on any atom is 0.0820 e. The number of hydrogen-bond donors (Lipinski definition) is 1. The second kappa shape index (κ2) is 5.91. The van der Waals surface area contributed by atoms with Gasteiger partial charge in [-0.15, -0.1) is 0 Å². The van der Waals surface area contributed by atoms with Crippen molar-refractivity contribution in [3.63, 3.8) is 0 Å². The molecule has 1 aromatic rings. The van der Waals surface area contributed by atoms with Gasteiger partial charge < -0.3 is 5.11 Å². The molecule has 0 saturated carbocycles. The molecule has 0 spiro atoms. The molecule has 0 aliphatic heterocycles. The minimum atomic E-state index is -0.343. The summed E-state index contributed by atoms with van der Waals surface area (Å²) in [6, 6.07) is 0. The van der Waals surface area contributed by atoms with Gasteiger partial charge in [0.05, 0.1) is 12.3 Å². The van der Waals surface area contributed by atoms with Crippen LogP contribution in [0.5, 0.6) is 0 Å². The monoisotopic (exact) mass is 210 g/mol. The molecule has 0 radical (unpaired) electrons. The predicted octanol–water partition coefficient (Wildman–Crippen LogP) is 2.76. The number of nitrogens with zero attached hydrogens (tertiary/aromatic N) is 2. The SMILES string of the molecule is CCn1cc(C(O)CCCC(C)C)cn1. The molecule has 0 saturated heterocycles. The van der Waals surface area contributed by atoms with Gasteiger partial charge in [0.25, 0.3) is 0 Å². The van der Waals surface area contributed by atoms with Gasteiger partial charge >= 0.3 is 0 Å². The molecule has 1 atom stereocenters. The molecule has 15 heavy (non-hydrogen) atoms. The average Bonchev–Trinajstić information content (AvgIpc) is 2.65. The molecule has 0 aliphatic carbocycles. The summed E-state index contributed by atoms with van der Waals surface area (Å²) in [7, 11) is 0. The van der Waals surface area contributed by atoms with Crippen LogP contribution in [0.3, 0.4) is 0 Å². The van der Waals surface area contributed by atoms with Crippen LogP contribution in [0, 0.1) is 5.92 Å². The topological polar surface area (TPSA) is 38.0 Å². The van der Waals surface area contributed by atoms with Crippen LogP contribution < -0.4 is 0 Å². The molecule has 0 amide bonds. The lowest BCUT2D eigenvalue weighted by molar-refractivity contribution is 0.162. The molecule has 0 fully saturated rings. The van der Waals surface area contributed by atoms with E-state index in [1.165, 1.54) is 6.42 Å².